The molecule has 0 atom stereocenters. The van der Waals surface area contributed by atoms with E-state index in [9.17, 15) is 14.4 Å². The van der Waals surface area contributed by atoms with E-state index in [4.69, 9.17) is 4.74 Å². The highest BCUT2D eigenvalue weighted by molar-refractivity contribution is 8.00. The molecule has 2 aromatic carbocycles. The predicted octanol–water partition coefficient (Wildman–Crippen LogP) is 5.59. The number of esters is 1. The van der Waals surface area contributed by atoms with Crippen LogP contribution >= 0.6 is 23.1 Å². The Balaban J connectivity index is 1.75. The molecule has 0 radical (unpaired) electrons. The average molecular weight is 469 g/mol. The van der Waals surface area contributed by atoms with Gasteiger partial charge >= 0.3 is 5.97 Å². The highest BCUT2D eigenvalue weighted by Gasteiger charge is 2.22. The molecule has 2 amide bonds. The molecule has 0 aliphatic heterocycles. The fourth-order valence-corrected chi connectivity index (χ4v) is 4.71. The van der Waals surface area contributed by atoms with Gasteiger partial charge in [-0.1, -0.05) is 35.9 Å². The zero-order chi connectivity index (χ0) is 23.1. The summed E-state index contributed by atoms with van der Waals surface area (Å²) in [5.41, 5.74) is 3.79. The van der Waals surface area contributed by atoms with Gasteiger partial charge in [-0.15, -0.1) is 23.1 Å². The number of thiophene rings is 1. The van der Waals surface area contributed by atoms with Gasteiger partial charge in [-0.25, -0.2) is 4.79 Å². The van der Waals surface area contributed by atoms with E-state index in [0.29, 0.717) is 16.3 Å². The summed E-state index contributed by atoms with van der Waals surface area (Å²) >= 11 is 2.64. The van der Waals surface area contributed by atoms with Crippen LogP contribution in [-0.2, 0) is 14.3 Å². The summed E-state index contributed by atoms with van der Waals surface area (Å²) in [5.74, 6) is -0.694. The highest BCUT2D eigenvalue weighted by atomic mass is 32.2. The third-order valence-corrected chi connectivity index (χ3v) is 6.30. The van der Waals surface area contributed by atoms with Crippen LogP contribution < -0.4 is 10.6 Å². The lowest BCUT2D eigenvalue weighted by Gasteiger charge is -2.09. The molecular weight excluding hydrogens is 444 g/mol. The van der Waals surface area contributed by atoms with Crippen molar-refractivity contribution >= 4 is 51.6 Å². The van der Waals surface area contributed by atoms with Crippen LogP contribution in [0.4, 0.5) is 10.7 Å². The van der Waals surface area contributed by atoms with Crippen molar-refractivity contribution in [2.75, 3.05) is 23.0 Å². The van der Waals surface area contributed by atoms with Crippen LogP contribution in [0.3, 0.4) is 0 Å². The fraction of sp³-hybridized carbons (Fsp3) is 0.208. The lowest BCUT2D eigenvalue weighted by Crippen LogP contribution is -2.16. The van der Waals surface area contributed by atoms with E-state index in [-0.39, 0.29) is 24.2 Å². The van der Waals surface area contributed by atoms with Crippen molar-refractivity contribution in [3.63, 3.8) is 0 Å². The van der Waals surface area contributed by atoms with Gasteiger partial charge in [0.25, 0.3) is 0 Å². The average Bonchev–Trinajstić information content (AvgIpc) is 3.16. The van der Waals surface area contributed by atoms with Gasteiger partial charge in [-0.2, -0.15) is 0 Å². The molecule has 0 bridgehead atoms. The topological polar surface area (TPSA) is 84.5 Å². The molecule has 0 fully saturated rings. The van der Waals surface area contributed by atoms with E-state index in [0.717, 1.165) is 21.6 Å². The Morgan fingerprint density at radius 3 is 2.50 bits per heavy atom. The van der Waals surface area contributed by atoms with Gasteiger partial charge in [0.15, 0.2) is 0 Å². The number of nitrogens with one attached hydrogen (secondary N) is 2. The number of thioether (sulfide) groups is 1. The summed E-state index contributed by atoms with van der Waals surface area (Å²) < 4.78 is 5.25. The van der Waals surface area contributed by atoms with E-state index in [1.807, 2.05) is 54.8 Å². The Labute approximate surface area is 195 Å². The molecule has 1 aromatic heterocycles. The van der Waals surface area contributed by atoms with Gasteiger partial charge in [0.1, 0.15) is 10.6 Å². The molecule has 0 saturated heterocycles. The summed E-state index contributed by atoms with van der Waals surface area (Å²) in [6.45, 7) is 5.44. The smallest absolute Gasteiger partial charge is 0.341 e. The molecule has 8 heteroatoms. The van der Waals surface area contributed by atoms with Crippen LogP contribution in [0.2, 0.25) is 0 Å². The predicted molar refractivity (Wildman–Crippen MR) is 131 cm³/mol. The minimum Gasteiger partial charge on any atom is -0.462 e. The first kappa shape index (κ1) is 23.6. The van der Waals surface area contributed by atoms with Crippen LogP contribution in [0, 0.1) is 6.92 Å². The normalized spacial score (nSPS) is 10.5. The molecule has 0 aliphatic carbocycles. The van der Waals surface area contributed by atoms with Crippen LogP contribution in [0.25, 0.3) is 11.1 Å². The van der Waals surface area contributed by atoms with E-state index >= 15 is 0 Å². The van der Waals surface area contributed by atoms with Crippen molar-refractivity contribution in [1.82, 2.24) is 0 Å². The number of anilines is 2. The lowest BCUT2D eigenvalue weighted by molar-refractivity contribution is -0.114. The van der Waals surface area contributed by atoms with E-state index in [1.165, 1.54) is 30.0 Å². The summed E-state index contributed by atoms with van der Waals surface area (Å²) in [5, 5.41) is 7.91. The number of carbonyl (C=O) groups is 3. The molecule has 166 valence electrons. The number of amides is 2. The summed E-state index contributed by atoms with van der Waals surface area (Å²) in [6.07, 6.45) is 0. The third-order valence-electron chi connectivity index (χ3n) is 4.41. The lowest BCUT2D eigenvalue weighted by atomic mass is 10.0. The first-order valence-electron chi connectivity index (χ1n) is 10.0. The van der Waals surface area contributed by atoms with Crippen molar-refractivity contribution in [3.05, 3.63) is 65.0 Å². The number of rotatable bonds is 8. The van der Waals surface area contributed by atoms with E-state index in [2.05, 4.69) is 10.6 Å². The maximum absolute atomic E-state index is 12.7. The Morgan fingerprint density at radius 1 is 1.06 bits per heavy atom. The monoisotopic (exact) mass is 468 g/mol. The molecule has 0 unspecified atom stereocenters. The van der Waals surface area contributed by atoms with Gasteiger partial charge in [-0.05, 0) is 37.6 Å². The number of benzene rings is 2. The standard InChI is InChI=1S/C24H24N2O4S2/c1-4-30-24(29)22-20(17-10-8-15(2)9-11-17)13-32-23(22)26-21(28)14-31-19-7-5-6-18(12-19)25-16(3)27/h5-13H,4,14H2,1-3H3,(H,25,27)(H,26,28). The number of carbonyl (C=O) groups excluding carboxylic acids is 3. The van der Waals surface area contributed by atoms with Gasteiger partial charge < -0.3 is 15.4 Å². The van der Waals surface area contributed by atoms with Gasteiger partial charge in [0.05, 0.1) is 12.4 Å². The molecule has 0 aliphatic rings. The second kappa shape index (κ2) is 11.0. The Bertz CT molecular complexity index is 1120. The maximum Gasteiger partial charge on any atom is 0.341 e. The first-order chi connectivity index (χ1) is 15.4. The van der Waals surface area contributed by atoms with Crippen molar-refractivity contribution in [3.8, 4) is 11.1 Å². The molecule has 3 aromatic rings. The number of aryl methyl sites for hydroxylation is 1. The fourth-order valence-electron chi connectivity index (χ4n) is 2.98. The molecule has 0 spiro atoms. The molecular formula is C24H24N2O4S2. The van der Waals surface area contributed by atoms with Crippen molar-refractivity contribution in [1.29, 1.82) is 0 Å². The van der Waals surface area contributed by atoms with Gasteiger partial charge in [-0.3, -0.25) is 9.59 Å². The van der Waals surface area contributed by atoms with Crippen LogP contribution in [0.5, 0.6) is 0 Å². The van der Waals surface area contributed by atoms with E-state index < -0.39 is 5.97 Å². The van der Waals surface area contributed by atoms with Crippen molar-refractivity contribution in [2.45, 2.75) is 25.7 Å². The molecule has 32 heavy (non-hydrogen) atoms. The quantitative estimate of drug-likeness (QED) is 0.333. The number of hydrogen-bond donors (Lipinski definition) is 2. The SMILES string of the molecule is CCOC(=O)c1c(-c2ccc(C)cc2)csc1NC(=O)CSc1cccc(NC(C)=O)c1. The Hall–Kier alpha value is -3.10. The largest absolute Gasteiger partial charge is 0.462 e. The summed E-state index contributed by atoms with van der Waals surface area (Å²) in [7, 11) is 0. The van der Waals surface area contributed by atoms with Crippen molar-refractivity contribution in [2.24, 2.45) is 0 Å². The first-order valence-corrected chi connectivity index (χ1v) is 11.9. The summed E-state index contributed by atoms with van der Waals surface area (Å²) in [4.78, 5) is 37.4. The van der Waals surface area contributed by atoms with Crippen LogP contribution in [-0.4, -0.2) is 30.1 Å². The third kappa shape index (κ3) is 6.21. The minimum atomic E-state index is -0.463. The Kier molecular flexibility index (Phi) is 8.08. The second-order valence-corrected chi connectivity index (χ2v) is 8.91. The zero-order valence-corrected chi connectivity index (χ0v) is 19.7. The minimum absolute atomic E-state index is 0.154. The van der Waals surface area contributed by atoms with Crippen LogP contribution in [0.15, 0.2) is 58.8 Å². The van der Waals surface area contributed by atoms with E-state index in [1.54, 1.807) is 13.0 Å². The van der Waals surface area contributed by atoms with Gasteiger partial charge in [0.2, 0.25) is 11.8 Å². The molecule has 6 nitrogen and oxygen atoms in total. The highest BCUT2D eigenvalue weighted by Crippen LogP contribution is 2.36. The second-order valence-electron chi connectivity index (χ2n) is 6.99. The molecule has 3 rings (SSSR count). The maximum atomic E-state index is 12.7. The van der Waals surface area contributed by atoms with Crippen LogP contribution in [0.1, 0.15) is 29.8 Å². The molecule has 2 N–H and O–H groups in total. The van der Waals surface area contributed by atoms with Crippen molar-refractivity contribution < 1.29 is 19.1 Å². The number of hydrogen-bond acceptors (Lipinski definition) is 6. The zero-order valence-electron chi connectivity index (χ0n) is 18.1. The van der Waals surface area contributed by atoms with Gasteiger partial charge in [0, 0.05) is 28.5 Å². The Morgan fingerprint density at radius 2 is 1.81 bits per heavy atom. The number of ether oxygens (including phenoxy) is 1. The molecule has 1 heterocycles. The molecule has 0 saturated carbocycles. The summed E-state index contributed by atoms with van der Waals surface area (Å²) in [6, 6.07) is 15.1.